The zero-order chi connectivity index (χ0) is 27.4. The fourth-order valence-corrected chi connectivity index (χ4v) is 5.97. The summed E-state index contributed by atoms with van der Waals surface area (Å²) in [5, 5.41) is 0.169. The minimum Gasteiger partial charge on any atom is -0.495 e. The molecule has 198 valence electrons. The Balaban J connectivity index is 1.45. The Kier molecular flexibility index (Phi) is 8.18. The highest BCUT2D eigenvalue weighted by molar-refractivity contribution is 7.93. The molecule has 0 unspecified atom stereocenters. The number of anilines is 1. The molecule has 0 aliphatic carbocycles. The average molecular weight is 555 g/mol. The van der Waals surface area contributed by atoms with Crippen LogP contribution in [0.2, 0.25) is 5.02 Å². The van der Waals surface area contributed by atoms with Crippen LogP contribution >= 0.6 is 11.6 Å². The van der Waals surface area contributed by atoms with Crippen molar-refractivity contribution < 1.29 is 27.5 Å². The first-order valence-electron chi connectivity index (χ1n) is 12.1. The first-order valence-corrected chi connectivity index (χ1v) is 13.9. The number of nitrogens with zero attached hydrogens (tertiary/aromatic N) is 2. The molecule has 3 aromatic carbocycles. The van der Waals surface area contributed by atoms with Gasteiger partial charge < -0.3 is 4.74 Å². The molecule has 1 aliphatic heterocycles. The maximum absolute atomic E-state index is 13.5. The van der Waals surface area contributed by atoms with Crippen LogP contribution in [0, 0.1) is 6.92 Å². The predicted octanol–water partition coefficient (Wildman–Crippen LogP) is 5.24. The van der Waals surface area contributed by atoms with Crippen molar-refractivity contribution in [3.8, 4) is 5.75 Å². The zero-order valence-electron chi connectivity index (χ0n) is 21.0. The number of hydrogen-bond acceptors (Lipinski definition) is 6. The topological polar surface area (TPSA) is 101 Å². The van der Waals surface area contributed by atoms with Crippen LogP contribution in [0.4, 0.5) is 5.69 Å². The van der Waals surface area contributed by atoms with E-state index in [2.05, 4.69) is 0 Å². The summed E-state index contributed by atoms with van der Waals surface area (Å²) in [6, 6.07) is 17.3. The fraction of sp³-hybridized carbons (Fsp3) is 0.250. The first-order chi connectivity index (χ1) is 18.1. The lowest BCUT2D eigenvalue weighted by molar-refractivity contribution is -0.117. The normalized spacial score (nSPS) is 13.0. The Hall–Kier alpha value is -3.69. The Morgan fingerprint density at radius 2 is 1.55 bits per heavy atom. The maximum Gasteiger partial charge on any atom is 0.270 e. The SMILES string of the molecule is COc1ccc(N(C(=O)CCCCCN2C(=O)c3ccccc3C2=O)S(=O)(=O)c2ccc(C)cc2)cc1Cl. The molecule has 0 spiro atoms. The van der Waals surface area contributed by atoms with Gasteiger partial charge in [-0.05, 0) is 62.2 Å². The lowest BCUT2D eigenvalue weighted by Gasteiger charge is -2.23. The molecule has 8 nitrogen and oxygen atoms in total. The van der Waals surface area contributed by atoms with E-state index in [1.54, 1.807) is 36.4 Å². The van der Waals surface area contributed by atoms with E-state index in [-0.39, 0.29) is 40.4 Å². The van der Waals surface area contributed by atoms with E-state index < -0.39 is 15.9 Å². The van der Waals surface area contributed by atoms with Crippen LogP contribution in [-0.4, -0.2) is 44.7 Å². The average Bonchev–Trinajstić information content (AvgIpc) is 3.13. The van der Waals surface area contributed by atoms with Crippen molar-refractivity contribution >= 4 is 45.0 Å². The molecule has 0 bridgehead atoms. The fourth-order valence-electron chi connectivity index (χ4n) is 4.28. The van der Waals surface area contributed by atoms with Crippen LogP contribution in [-0.2, 0) is 14.8 Å². The van der Waals surface area contributed by atoms with Gasteiger partial charge in [0, 0.05) is 13.0 Å². The van der Waals surface area contributed by atoms with Crippen LogP contribution in [0.25, 0.3) is 0 Å². The van der Waals surface area contributed by atoms with Gasteiger partial charge in [0.05, 0.1) is 33.8 Å². The van der Waals surface area contributed by atoms with Crippen molar-refractivity contribution in [1.82, 2.24) is 4.90 Å². The van der Waals surface area contributed by atoms with Gasteiger partial charge in [-0.1, -0.05) is 47.9 Å². The molecule has 0 aromatic heterocycles. The second-order valence-electron chi connectivity index (χ2n) is 8.91. The molecule has 10 heteroatoms. The molecule has 1 aliphatic rings. The van der Waals surface area contributed by atoms with Gasteiger partial charge in [-0.2, -0.15) is 0 Å². The van der Waals surface area contributed by atoms with E-state index in [1.807, 2.05) is 6.92 Å². The van der Waals surface area contributed by atoms with Crippen molar-refractivity contribution in [3.63, 3.8) is 0 Å². The Morgan fingerprint density at radius 1 is 0.921 bits per heavy atom. The van der Waals surface area contributed by atoms with E-state index in [1.165, 1.54) is 42.3 Å². The van der Waals surface area contributed by atoms with Crippen molar-refractivity contribution in [2.75, 3.05) is 18.0 Å². The van der Waals surface area contributed by atoms with Crippen molar-refractivity contribution in [2.45, 2.75) is 37.5 Å². The number of unbranched alkanes of at least 4 members (excludes halogenated alkanes) is 2. The van der Waals surface area contributed by atoms with E-state index >= 15 is 0 Å². The number of rotatable bonds is 10. The monoisotopic (exact) mass is 554 g/mol. The van der Waals surface area contributed by atoms with Gasteiger partial charge in [-0.15, -0.1) is 0 Å². The summed E-state index contributed by atoms with van der Waals surface area (Å²) in [4.78, 5) is 39.6. The standard InChI is InChI=1S/C28H27ClN2O6S/c1-19-11-14-21(15-12-19)38(35,36)31(20-13-16-25(37-2)24(29)18-20)26(32)10-4-3-7-17-30-27(33)22-8-5-6-9-23(22)28(30)34/h5-6,8-9,11-16,18H,3-4,7,10,17H2,1-2H3. The highest BCUT2D eigenvalue weighted by atomic mass is 35.5. The number of methoxy groups -OCH3 is 1. The molecule has 0 radical (unpaired) electrons. The number of aryl methyl sites for hydroxylation is 1. The molecule has 0 atom stereocenters. The summed E-state index contributed by atoms with van der Waals surface area (Å²) in [5.74, 6) is -0.918. The summed E-state index contributed by atoms with van der Waals surface area (Å²) in [5.41, 5.74) is 1.77. The first kappa shape index (κ1) is 27.3. The summed E-state index contributed by atoms with van der Waals surface area (Å²) >= 11 is 6.24. The molecule has 3 amide bonds. The number of amides is 3. The Labute approximate surface area is 226 Å². The highest BCUT2D eigenvalue weighted by Gasteiger charge is 2.35. The minimum atomic E-state index is -4.22. The number of carbonyl (C=O) groups is 3. The summed E-state index contributed by atoms with van der Waals surface area (Å²) < 4.78 is 33.0. The summed E-state index contributed by atoms with van der Waals surface area (Å²) in [6.07, 6.45) is 1.31. The molecule has 0 N–H and O–H groups in total. The predicted molar refractivity (Wildman–Crippen MR) is 144 cm³/mol. The molecule has 0 fully saturated rings. The Bertz CT molecular complexity index is 1450. The number of sulfonamides is 1. The van der Waals surface area contributed by atoms with Gasteiger partial charge in [-0.25, -0.2) is 12.7 Å². The maximum atomic E-state index is 13.5. The van der Waals surface area contributed by atoms with E-state index in [4.69, 9.17) is 16.3 Å². The van der Waals surface area contributed by atoms with Gasteiger partial charge in [0.2, 0.25) is 5.91 Å². The second kappa shape index (κ2) is 11.4. The van der Waals surface area contributed by atoms with Gasteiger partial charge in [0.25, 0.3) is 21.8 Å². The van der Waals surface area contributed by atoms with Crippen LogP contribution in [0.5, 0.6) is 5.75 Å². The number of ether oxygens (including phenoxy) is 1. The molecule has 1 heterocycles. The third-order valence-corrected chi connectivity index (χ3v) is 8.36. The van der Waals surface area contributed by atoms with Crippen LogP contribution in [0.15, 0.2) is 71.6 Å². The molecule has 0 saturated heterocycles. The number of halogens is 1. The molecular formula is C28H27ClN2O6S. The van der Waals surface area contributed by atoms with Crippen molar-refractivity contribution in [1.29, 1.82) is 0 Å². The third-order valence-electron chi connectivity index (χ3n) is 6.31. The van der Waals surface area contributed by atoms with Crippen LogP contribution in [0.1, 0.15) is 52.0 Å². The lowest BCUT2D eigenvalue weighted by Crippen LogP contribution is -2.37. The zero-order valence-corrected chi connectivity index (χ0v) is 22.6. The largest absolute Gasteiger partial charge is 0.495 e. The minimum absolute atomic E-state index is 0.0194. The van der Waals surface area contributed by atoms with Crippen molar-refractivity contribution in [3.05, 3.63) is 88.4 Å². The van der Waals surface area contributed by atoms with Crippen LogP contribution in [0.3, 0.4) is 0 Å². The van der Waals surface area contributed by atoms with Gasteiger partial charge in [0.15, 0.2) is 0 Å². The number of carbonyl (C=O) groups excluding carboxylic acids is 3. The second-order valence-corrected chi connectivity index (χ2v) is 11.1. The molecule has 4 rings (SSSR count). The number of fused-ring (bicyclic) bond motifs is 1. The van der Waals surface area contributed by atoms with Crippen LogP contribution < -0.4 is 9.04 Å². The van der Waals surface area contributed by atoms with Crippen molar-refractivity contribution in [2.24, 2.45) is 0 Å². The lowest BCUT2D eigenvalue weighted by atomic mass is 10.1. The summed E-state index contributed by atoms with van der Waals surface area (Å²) in [6.45, 7) is 2.06. The van der Waals surface area contributed by atoms with E-state index in [0.29, 0.717) is 36.1 Å². The van der Waals surface area contributed by atoms with Gasteiger partial charge in [0.1, 0.15) is 5.75 Å². The summed E-state index contributed by atoms with van der Waals surface area (Å²) in [7, 11) is -2.78. The van der Waals surface area contributed by atoms with E-state index in [9.17, 15) is 22.8 Å². The molecule has 38 heavy (non-hydrogen) atoms. The number of benzene rings is 3. The number of imide groups is 1. The molecular weight excluding hydrogens is 528 g/mol. The highest BCUT2D eigenvalue weighted by Crippen LogP contribution is 2.33. The molecule has 3 aromatic rings. The Morgan fingerprint density at radius 3 is 2.13 bits per heavy atom. The number of hydrogen-bond donors (Lipinski definition) is 0. The smallest absolute Gasteiger partial charge is 0.270 e. The van der Waals surface area contributed by atoms with Gasteiger partial charge in [-0.3, -0.25) is 19.3 Å². The molecule has 0 saturated carbocycles. The third kappa shape index (κ3) is 5.44. The van der Waals surface area contributed by atoms with Gasteiger partial charge >= 0.3 is 0 Å². The quantitative estimate of drug-likeness (QED) is 0.251. The van der Waals surface area contributed by atoms with E-state index in [0.717, 1.165) is 9.87 Å².